The van der Waals surface area contributed by atoms with Gasteiger partial charge in [0.1, 0.15) is 0 Å². The van der Waals surface area contributed by atoms with Gasteiger partial charge in [0.15, 0.2) is 0 Å². The van der Waals surface area contributed by atoms with E-state index in [0.717, 1.165) is 27.3 Å². The first-order valence-corrected chi connectivity index (χ1v) is 6.85. The zero-order chi connectivity index (χ0) is 14.0. The van der Waals surface area contributed by atoms with E-state index in [1.807, 2.05) is 38.1 Å². The van der Waals surface area contributed by atoms with E-state index in [0.29, 0.717) is 6.42 Å². The molecule has 2 rings (SSSR count). The van der Waals surface area contributed by atoms with Crippen molar-refractivity contribution in [3.8, 4) is 0 Å². The fourth-order valence-electron chi connectivity index (χ4n) is 2.33. The molecule has 0 aliphatic rings. The minimum absolute atomic E-state index is 0.488. The molecule has 0 radical (unpaired) electrons. The minimum atomic E-state index is -0.488. The van der Waals surface area contributed by atoms with E-state index >= 15 is 0 Å². The third-order valence-corrected chi connectivity index (χ3v) is 3.83. The molecule has 1 unspecified atom stereocenters. The van der Waals surface area contributed by atoms with Gasteiger partial charge in [0.05, 0.1) is 6.10 Å². The Kier molecular flexibility index (Phi) is 4.28. The maximum absolute atomic E-state index is 10.4. The highest BCUT2D eigenvalue weighted by Gasteiger charge is 2.13. The minimum Gasteiger partial charge on any atom is -0.388 e. The van der Waals surface area contributed by atoms with Crippen molar-refractivity contribution in [3.05, 3.63) is 69.2 Å². The maximum Gasteiger partial charge on any atom is 0.0833 e. The van der Waals surface area contributed by atoms with Gasteiger partial charge in [-0.1, -0.05) is 47.5 Å². The van der Waals surface area contributed by atoms with Crippen molar-refractivity contribution in [2.75, 3.05) is 0 Å². The standard InChI is InChI=1S/C17H19ClO/c1-11-5-4-6-14(7-11)10-17(19)15-8-13(3)16(18)9-12(15)2/h4-9,17,19H,10H2,1-3H3. The summed E-state index contributed by atoms with van der Waals surface area (Å²) in [6, 6.07) is 12.2. The van der Waals surface area contributed by atoms with Crippen molar-refractivity contribution in [2.24, 2.45) is 0 Å². The predicted octanol–water partition coefficient (Wildman–Crippen LogP) is 4.54. The Morgan fingerprint density at radius 3 is 2.47 bits per heavy atom. The van der Waals surface area contributed by atoms with E-state index in [-0.39, 0.29) is 0 Å². The average molecular weight is 275 g/mol. The molecule has 0 fully saturated rings. The molecule has 100 valence electrons. The number of benzene rings is 2. The summed E-state index contributed by atoms with van der Waals surface area (Å²) in [5.74, 6) is 0. The van der Waals surface area contributed by atoms with Crippen LogP contribution in [-0.4, -0.2) is 5.11 Å². The Bertz CT molecular complexity index is 590. The van der Waals surface area contributed by atoms with Crippen LogP contribution in [0.5, 0.6) is 0 Å². The highest BCUT2D eigenvalue weighted by Crippen LogP contribution is 2.27. The van der Waals surface area contributed by atoms with Crippen molar-refractivity contribution < 1.29 is 5.11 Å². The molecule has 2 aromatic rings. The second kappa shape index (κ2) is 5.77. The summed E-state index contributed by atoms with van der Waals surface area (Å²) in [6.45, 7) is 6.01. The van der Waals surface area contributed by atoms with Gasteiger partial charge in [-0.3, -0.25) is 0 Å². The Labute approximate surface area is 119 Å². The molecule has 2 heteroatoms. The van der Waals surface area contributed by atoms with Gasteiger partial charge in [-0.25, -0.2) is 0 Å². The van der Waals surface area contributed by atoms with Crippen LogP contribution in [0.4, 0.5) is 0 Å². The predicted molar refractivity (Wildman–Crippen MR) is 80.8 cm³/mol. The first-order chi connectivity index (χ1) is 8.97. The molecule has 2 aromatic carbocycles. The van der Waals surface area contributed by atoms with Gasteiger partial charge in [0, 0.05) is 11.4 Å². The number of halogens is 1. The van der Waals surface area contributed by atoms with E-state index in [1.165, 1.54) is 5.56 Å². The van der Waals surface area contributed by atoms with Crippen LogP contribution in [0, 0.1) is 20.8 Å². The summed E-state index contributed by atoms with van der Waals surface area (Å²) in [4.78, 5) is 0. The fraction of sp³-hybridized carbons (Fsp3) is 0.294. The molecule has 0 aliphatic heterocycles. The summed E-state index contributed by atoms with van der Waals surface area (Å²) in [5.41, 5.74) is 5.37. The number of rotatable bonds is 3. The molecule has 19 heavy (non-hydrogen) atoms. The van der Waals surface area contributed by atoms with Crippen LogP contribution in [0.15, 0.2) is 36.4 Å². The van der Waals surface area contributed by atoms with Crippen LogP contribution in [0.2, 0.25) is 5.02 Å². The van der Waals surface area contributed by atoms with Gasteiger partial charge >= 0.3 is 0 Å². The lowest BCUT2D eigenvalue weighted by Crippen LogP contribution is -2.04. The SMILES string of the molecule is Cc1cccc(CC(O)c2cc(C)c(Cl)cc2C)c1. The van der Waals surface area contributed by atoms with Crippen molar-refractivity contribution >= 4 is 11.6 Å². The van der Waals surface area contributed by atoms with Crippen molar-refractivity contribution in [3.63, 3.8) is 0 Å². The van der Waals surface area contributed by atoms with Crippen LogP contribution in [0.3, 0.4) is 0 Å². The number of aryl methyl sites for hydroxylation is 3. The lowest BCUT2D eigenvalue weighted by Gasteiger charge is -2.16. The zero-order valence-corrected chi connectivity index (χ0v) is 12.3. The Morgan fingerprint density at radius 1 is 1.05 bits per heavy atom. The highest BCUT2D eigenvalue weighted by atomic mass is 35.5. The van der Waals surface area contributed by atoms with Gasteiger partial charge in [-0.05, 0) is 49.1 Å². The van der Waals surface area contributed by atoms with Crippen molar-refractivity contribution in [1.82, 2.24) is 0 Å². The molecule has 0 bridgehead atoms. The summed E-state index contributed by atoms with van der Waals surface area (Å²) < 4.78 is 0. The zero-order valence-electron chi connectivity index (χ0n) is 11.6. The molecule has 0 saturated heterocycles. The third kappa shape index (κ3) is 3.37. The van der Waals surface area contributed by atoms with E-state index < -0.39 is 6.10 Å². The topological polar surface area (TPSA) is 20.2 Å². The van der Waals surface area contributed by atoms with E-state index in [4.69, 9.17) is 11.6 Å². The molecule has 0 heterocycles. The maximum atomic E-state index is 10.4. The van der Waals surface area contributed by atoms with Gasteiger partial charge in [-0.2, -0.15) is 0 Å². The monoisotopic (exact) mass is 274 g/mol. The largest absolute Gasteiger partial charge is 0.388 e. The smallest absolute Gasteiger partial charge is 0.0833 e. The Balaban J connectivity index is 2.25. The Morgan fingerprint density at radius 2 is 1.79 bits per heavy atom. The van der Waals surface area contributed by atoms with Crippen LogP contribution >= 0.6 is 11.6 Å². The molecule has 1 N–H and O–H groups in total. The van der Waals surface area contributed by atoms with Crippen molar-refractivity contribution in [1.29, 1.82) is 0 Å². The number of hydrogen-bond donors (Lipinski definition) is 1. The number of aliphatic hydroxyl groups is 1. The molecule has 0 amide bonds. The number of hydrogen-bond acceptors (Lipinski definition) is 1. The summed E-state index contributed by atoms with van der Waals surface area (Å²) in [7, 11) is 0. The van der Waals surface area contributed by atoms with Crippen LogP contribution in [0.1, 0.15) is 33.9 Å². The normalized spacial score (nSPS) is 12.5. The van der Waals surface area contributed by atoms with E-state index in [9.17, 15) is 5.11 Å². The van der Waals surface area contributed by atoms with Gasteiger partial charge in [0.25, 0.3) is 0 Å². The van der Waals surface area contributed by atoms with Crippen LogP contribution in [0.25, 0.3) is 0 Å². The van der Waals surface area contributed by atoms with Crippen LogP contribution in [-0.2, 0) is 6.42 Å². The number of aliphatic hydroxyl groups excluding tert-OH is 1. The lowest BCUT2D eigenvalue weighted by molar-refractivity contribution is 0.177. The second-order valence-electron chi connectivity index (χ2n) is 5.17. The van der Waals surface area contributed by atoms with Crippen LogP contribution < -0.4 is 0 Å². The lowest BCUT2D eigenvalue weighted by atomic mass is 9.95. The van der Waals surface area contributed by atoms with Gasteiger partial charge in [-0.15, -0.1) is 0 Å². The molecule has 0 aromatic heterocycles. The quantitative estimate of drug-likeness (QED) is 0.871. The first-order valence-electron chi connectivity index (χ1n) is 6.47. The molecular weight excluding hydrogens is 256 g/mol. The summed E-state index contributed by atoms with van der Waals surface area (Å²) >= 11 is 6.09. The second-order valence-corrected chi connectivity index (χ2v) is 5.57. The molecule has 1 nitrogen and oxygen atoms in total. The van der Waals surface area contributed by atoms with E-state index in [2.05, 4.69) is 19.1 Å². The summed E-state index contributed by atoms with van der Waals surface area (Å²) in [5, 5.41) is 11.2. The highest BCUT2D eigenvalue weighted by molar-refractivity contribution is 6.31. The third-order valence-electron chi connectivity index (χ3n) is 3.42. The molecule has 1 atom stereocenters. The van der Waals surface area contributed by atoms with E-state index in [1.54, 1.807) is 0 Å². The van der Waals surface area contributed by atoms with Gasteiger partial charge < -0.3 is 5.11 Å². The Hall–Kier alpha value is -1.31. The molecule has 0 saturated carbocycles. The first kappa shape index (κ1) is 14.1. The molecule has 0 spiro atoms. The van der Waals surface area contributed by atoms with Gasteiger partial charge in [0.2, 0.25) is 0 Å². The average Bonchev–Trinajstić information content (AvgIpc) is 2.33. The molecular formula is C17H19ClO. The molecule has 0 aliphatic carbocycles. The fourth-order valence-corrected chi connectivity index (χ4v) is 2.55. The summed E-state index contributed by atoms with van der Waals surface area (Å²) in [6.07, 6.45) is 0.140. The van der Waals surface area contributed by atoms with Crippen molar-refractivity contribution in [2.45, 2.75) is 33.3 Å².